The standard InChI is InChI=1S/C19H21FN2O2/c20-16-5-9-18(10-6-16)24-17-7-3-14(4-8-17)12-22-19(23)15-2-1-11-21-13-15/h3-10,15,21H,1-2,11-13H2,(H,22,23). The van der Waals surface area contributed by atoms with E-state index in [0.717, 1.165) is 31.5 Å². The maximum atomic E-state index is 12.9. The van der Waals surface area contributed by atoms with E-state index < -0.39 is 0 Å². The van der Waals surface area contributed by atoms with E-state index in [2.05, 4.69) is 10.6 Å². The third-order valence-electron chi connectivity index (χ3n) is 4.11. The van der Waals surface area contributed by atoms with Crippen LogP contribution in [0, 0.1) is 11.7 Å². The Hall–Kier alpha value is -2.40. The van der Waals surface area contributed by atoms with Crippen LogP contribution in [0.3, 0.4) is 0 Å². The van der Waals surface area contributed by atoms with Crippen LogP contribution in [-0.4, -0.2) is 19.0 Å². The Labute approximate surface area is 141 Å². The first-order chi connectivity index (χ1) is 11.7. The van der Waals surface area contributed by atoms with Crippen LogP contribution in [0.1, 0.15) is 18.4 Å². The molecule has 2 aromatic carbocycles. The molecule has 2 N–H and O–H groups in total. The summed E-state index contributed by atoms with van der Waals surface area (Å²) < 4.78 is 18.5. The van der Waals surface area contributed by atoms with E-state index in [4.69, 9.17) is 4.74 Å². The molecule has 1 saturated heterocycles. The molecule has 3 rings (SSSR count). The molecule has 1 fully saturated rings. The number of nitrogens with one attached hydrogen (secondary N) is 2. The van der Waals surface area contributed by atoms with Gasteiger partial charge in [-0.3, -0.25) is 4.79 Å². The number of ether oxygens (including phenoxy) is 1. The fourth-order valence-corrected chi connectivity index (χ4v) is 2.72. The number of carbonyl (C=O) groups excluding carboxylic acids is 1. The number of hydrogen-bond donors (Lipinski definition) is 2. The lowest BCUT2D eigenvalue weighted by atomic mass is 9.99. The fourth-order valence-electron chi connectivity index (χ4n) is 2.72. The Balaban J connectivity index is 1.50. The molecule has 0 aliphatic carbocycles. The smallest absolute Gasteiger partial charge is 0.224 e. The molecule has 5 heteroatoms. The Morgan fingerprint density at radius 2 is 1.79 bits per heavy atom. The SMILES string of the molecule is O=C(NCc1ccc(Oc2ccc(F)cc2)cc1)C1CCCNC1. The molecule has 1 unspecified atom stereocenters. The number of amides is 1. The largest absolute Gasteiger partial charge is 0.457 e. The van der Waals surface area contributed by atoms with Crippen LogP contribution in [0.4, 0.5) is 4.39 Å². The number of halogens is 1. The molecule has 4 nitrogen and oxygen atoms in total. The van der Waals surface area contributed by atoms with Gasteiger partial charge >= 0.3 is 0 Å². The van der Waals surface area contributed by atoms with Crippen molar-refractivity contribution in [2.75, 3.05) is 13.1 Å². The number of rotatable bonds is 5. The lowest BCUT2D eigenvalue weighted by Gasteiger charge is -2.21. The first-order valence-corrected chi connectivity index (χ1v) is 8.21. The van der Waals surface area contributed by atoms with Crippen molar-refractivity contribution in [1.82, 2.24) is 10.6 Å². The fraction of sp³-hybridized carbons (Fsp3) is 0.316. The van der Waals surface area contributed by atoms with Crippen molar-refractivity contribution in [3.05, 3.63) is 59.9 Å². The highest BCUT2D eigenvalue weighted by Gasteiger charge is 2.20. The number of carbonyl (C=O) groups is 1. The molecule has 0 aromatic heterocycles. The molecule has 0 bridgehead atoms. The summed E-state index contributed by atoms with van der Waals surface area (Å²) in [7, 11) is 0. The summed E-state index contributed by atoms with van der Waals surface area (Å²) in [4.78, 5) is 12.1. The topological polar surface area (TPSA) is 50.4 Å². The van der Waals surface area contributed by atoms with Crippen LogP contribution in [0.5, 0.6) is 11.5 Å². The second-order valence-corrected chi connectivity index (χ2v) is 5.96. The van der Waals surface area contributed by atoms with Gasteiger partial charge in [-0.1, -0.05) is 12.1 Å². The van der Waals surface area contributed by atoms with Crippen LogP contribution >= 0.6 is 0 Å². The first kappa shape index (κ1) is 16.5. The van der Waals surface area contributed by atoms with Gasteiger partial charge in [-0.2, -0.15) is 0 Å². The van der Waals surface area contributed by atoms with Crippen LogP contribution < -0.4 is 15.4 Å². The van der Waals surface area contributed by atoms with Gasteiger partial charge in [0.2, 0.25) is 5.91 Å². The Bertz CT molecular complexity index is 665. The third kappa shape index (κ3) is 4.55. The van der Waals surface area contributed by atoms with Gasteiger partial charge in [-0.05, 0) is 61.3 Å². The minimum Gasteiger partial charge on any atom is -0.457 e. The van der Waals surface area contributed by atoms with Gasteiger partial charge in [0.1, 0.15) is 17.3 Å². The van der Waals surface area contributed by atoms with Gasteiger partial charge in [0.05, 0.1) is 5.92 Å². The Kier molecular flexibility index (Phi) is 5.43. The van der Waals surface area contributed by atoms with E-state index in [1.807, 2.05) is 24.3 Å². The maximum Gasteiger partial charge on any atom is 0.224 e. The molecular formula is C19H21FN2O2. The minimum atomic E-state index is -0.290. The molecular weight excluding hydrogens is 307 g/mol. The summed E-state index contributed by atoms with van der Waals surface area (Å²) in [5.41, 5.74) is 1.01. The van der Waals surface area contributed by atoms with E-state index in [1.165, 1.54) is 12.1 Å². The average molecular weight is 328 g/mol. The van der Waals surface area contributed by atoms with Gasteiger partial charge in [0.15, 0.2) is 0 Å². The number of benzene rings is 2. The Morgan fingerprint density at radius 1 is 1.12 bits per heavy atom. The molecule has 1 amide bonds. The molecule has 0 saturated carbocycles. The molecule has 24 heavy (non-hydrogen) atoms. The van der Waals surface area contributed by atoms with E-state index in [0.29, 0.717) is 18.0 Å². The van der Waals surface area contributed by atoms with Gasteiger partial charge in [0, 0.05) is 13.1 Å². The highest BCUT2D eigenvalue weighted by atomic mass is 19.1. The molecule has 1 atom stereocenters. The monoisotopic (exact) mass is 328 g/mol. The summed E-state index contributed by atoms with van der Waals surface area (Å²) in [6.07, 6.45) is 2.00. The summed E-state index contributed by atoms with van der Waals surface area (Å²) in [5, 5.41) is 6.23. The van der Waals surface area contributed by atoms with Crippen LogP contribution in [0.25, 0.3) is 0 Å². The van der Waals surface area contributed by atoms with Gasteiger partial charge in [-0.25, -0.2) is 4.39 Å². The summed E-state index contributed by atoms with van der Waals surface area (Å²) in [5.74, 6) is 1.14. The van der Waals surface area contributed by atoms with Crippen molar-refractivity contribution >= 4 is 5.91 Å². The van der Waals surface area contributed by atoms with Crippen LogP contribution in [-0.2, 0) is 11.3 Å². The van der Waals surface area contributed by atoms with Crippen molar-refractivity contribution in [2.24, 2.45) is 5.92 Å². The van der Waals surface area contributed by atoms with Crippen molar-refractivity contribution in [3.63, 3.8) is 0 Å². The summed E-state index contributed by atoms with van der Waals surface area (Å²) in [6, 6.07) is 13.4. The van der Waals surface area contributed by atoms with Crippen molar-refractivity contribution in [2.45, 2.75) is 19.4 Å². The lowest BCUT2D eigenvalue weighted by Crippen LogP contribution is -2.40. The first-order valence-electron chi connectivity index (χ1n) is 8.21. The summed E-state index contributed by atoms with van der Waals surface area (Å²) >= 11 is 0. The van der Waals surface area contributed by atoms with E-state index in [9.17, 15) is 9.18 Å². The predicted octanol–water partition coefficient (Wildman–Crippen LogP) is 3.23. The van der Waals surface area contributed by atoms with Gasteiger partial charge in [0.25, 0.3) is 0 Å². The highest BCUT2D eigenvalue weighted by Crippen LogP contribution is 2.22. The quantitative estimate of drug-likeness (QED) is 0.886. The van der Waals surface area contributed by atoms with Crippen LogP contribution in [0.2, 0.25) is 0 Å². The van der Waals surface area contributed by atoms with Crippen molar-refractivity contribution in [3.8, 4) is 11.5 Å². The Morgan fingerprint density at radius 3 is 2.42 bits per heavy atom. The molecule has 0 radical (unpaired) electrons. The molecule has 126 valence electrons. The molecule has 0 spiro atoms. The minimum absolute atomic E-state index is 0.0693. The maximum absolute atomic E-state index is 12.9. The molecule has 1 aliphatic heterocycles. The van der Waals surface area contributed by atoms with E-state index in [-0.39, 0.29) is 17.6 Å². The molecule has 1 heterocycles. The molecule has 2 aromatic rings. The second-order valence-electron chi connectivity index (χ2n) is 5.96. The predicted molar refractivity (Wildman–Crippen MR) is 90.4 cm³/mol. The zero-order chi connectivity index (χ0) is 16.8. The normalized spacial score (nSPS) is 17.3. The number of hydrogen-bond acceptors (Lipinski definition) is 3. The van der Waals surface area contributed by atoms with Gasteiger partial charge < -0.3 is 15.4 Å². The summed E-state index contributed by atoms with van der Waals surface area (Å²) in [6.45, 7) is 2.27. The van der Waals surface area contributed by atoms with Crippen molar-refractivity contribution in [1.29, 1.82) is 0 Å². The zero-order valence-electron chi connectivity index (χ0n) is 13.4. The number of piperidine rings is 1. The zero-order valence-corrected chi connectivity index (χ0v) is 13.4. The van der Waals surface area contributed by atoms with E-state index in [1.54, 1.807) is 12.1 Å². The van der Waals surface area contributed by atoms with E-state index >= 15 is 0 Å². The van der Waals surface area contributed by atoms with Crippen molar-refractivity contribution < 1.29 is 13.9 Å². The second kappa shape index (κ2) is 7.93. The average Bonchev–Trinajstić information content (AvgIpc) is 2.63. The highest BCUT2D eigenvalue weighted by molar-refractivity contribution is 5.78. The molecule has 1 aliphatic rings. The van der Waals surface area contributed by atoms with Gasteiger partial charge in [-0.15, -0.1) is 0 Å². The van der Waals surface area contributed by atoms with Crippen LogP contribution in [0.15, 0.2) is 48.5 Å². The lowest BCUT2D eigenvalue weighted by molar-refractivity contribution is -0.125. The third-order valence-corrected chi connectivity index (χ3v) is 4.11.